The van der Waals surface area contributed by atoms with Crippen molar-refractivity contribution in [3.05, 3.63) is 35.9 Å². The van der Waals surface area contributed by atoms with Crippen LogP contribution in [-0.4, -0.2) is 59.2 Å². The van der Waals surface area contributed by atoms with Crippen LogP contribution in [0.4, 0.5) is 4.79 Å². The first kappa shape index (κ1) is 18.7. The van der Waals surface area contributed by atoms with Gasteiger partial charge >= 0.3 is 12.1 Å². The highest BCUT2D eigenvalue weighted by Gasteiger charge is 2.47. The van der Waals surface area contributed by atoms with Crippen LogP contribution in [0.15, 0.2) is 30.3 Å². The van der Waals surface area contributed by atoms with E-state index in [1.54, 1.807) is 0 Å². The van der Waals surface area contributed by atoms with Crippen LogP contribution < -0.4 is 0 Å². The van der Waals surface area contributed by atoms with Crippen LogP contribution in [0.25, 0.3) is 0 Å². The van der Waals surface area contributed by atoms with Crippen LogP contribution in [0.2, 0.25) is 0 Å². The fourth-order valence-electron chi connectivity index (χ4n) is 4.30. The number of carbonyl (C=O) groups is 2. The molecule has 1 spiro atoms. The Bertz CT molecular complexity index is 648. The lowest BCUT2D eigenvalue weighted by Crippen LogP contribution is -2.45. The van der Waals surface area contributed by atoms with Crippen LogP contribution in [0.1, 0.15) is 32.3 Å². The molecule has 2 saturated heterocycles. The number of carbonyl (C=O) groups excluding carboxylic acids is 1. The molecular formula is C20H28N2O4. The number of nitrogens with zero attached hydrogens (tertiary/aromatic N) is 2. The van der Waals surface area contributed by atoms with E-state index >= 15 is 0 Å². The van der Waals surface area contributed by atoms with Gasteiger partial charge in [0.15, 0.2) is 0 Å². The molecule has 1 aromatic rings. The number of benzene rings is 1. The molecule has 0 saturated carbocycles. The monoisotopic (exact) mass is 360 g/mol. The number of esters is 1. The molecule has 2 heterocycles. The fourth-order valence-corrected chi connectivity index (χ4v) is 4.30. The summed E-state index contributed by atoms with van der Waals surface area (Å²) in [5.74, 6) is -0.0422. The fraction of sp³-hybridized carbons (Fsp3) is 0.600. The van der Waals surface area contributed by atoms with Gasteiger partial charge in [-0.3, -0.25) is 9.69 Å². The van der Waals surface area contributed by atoms with E-state index in [0.29, 0.717) is 13.1 Å². The summed E-state index contributed by atoms with van der Waals surface area (Å²) in [6.07, 6.45) is 0.967. The van der Waals surface area contributed by atoms with Crippen molar-refractivity contribution >= 4 is 12.1 Å². The molecule has 0 radical (unpaired) electrons. The molecular weight excluding hydrogens is 332 g/mol. The summed E-state index contributed by atoms with van der Waals surface area (Å²) in [5, 5.41) is 9.22. The largest absolute Gasteiger partial charge is 0.465 e. The van der Waals surface area contributed by atoms with E-state index in [1.807, 2.05) is 44.2 Å². The molecule has 2 aliphatic heterocycles. The van der Waals surface area contributed by atoms with Crippen molar-refractivity contribution in [3.8, 4) is 0 Å². The minimum absolute atomic E-state index is 0.00869. The normalized spacial score (nSPS) is 24.3. The number of amides is 1. The van der Waals surface area contributed by atoms with Crippen molar-refractivity contribution in [2.45, 2.75) is 39.3 Å². The van der Waals surface area contributed by atoms with Gasteiger partial charge in [0.1, 0.15) is 12.6 Å². The number of ether oxygens (including phenoxy) is 1. The van der Waals surface area contributed by atoms with Gasteiger partial charge in [0, 0.05) is 25.0 Å². The van der Waals surface area contributed by atoms with E-state index in [1.165, 1.54) is 4.90 Å². The predicted molar refractivity (Wildman–Crippen MR) is 97.7 cm³/mol. The highest BCUT2D eigenvalue weighted by atomic mass is 16.5. The lowest BCUT2D eigenvalue weighted by atomic mass is 9.86. The highest BCUT2D eigenvalue weighted by molar-refractivity contribution is 5.76. The molecule has 2 atom stereocenters. The van der Waals surface area contributed by atoms with Gasteiger partial charge in [0.25, 0.3) is 0 Å². The minimum Gasteiger partial charge on any atom is -0.465 e. The molecule has 1 aromatic carbocycles. The zero-order valence-corrected chi connectivity index (χ0v) is 15.6. The Morgan fingerprint density at radius 2 is 1.85 bits per heavy atom. The maximum Gasteiger partial charge on any atom is 0.407 e. The number of hydrogen-bond acceptors (Lipinski definition) is 4. The summed E-state index contributed by atoms with van der Waals surface area (Å²) < 4.78 is 5.59. The van der Waals surface area contributed by atoms with E-state index in [9.17, 15) is 14.7 Å². The van der Waals surface area contributed by atoms with Crippen molar-refractivity contribution in [1.82, 2.24) is 9.80 Å². The van der Waals surface area contributed by atoms with E-state index in [-0.39, 0.29) is 30.0 Å². The summed E-state index contributed by atoms with van der Waals surface area (Å²) in [6, 6.07) is 9.41. The van der Waals surface area contributed by atoms with Gasteiger partial charge in [0.05, 0.1) is 0 Å². The summed E-state index contributed by atoms with van der Waals surface area (Å²) in [6.45, 7) is 7.11. The maximum atomic E-state index is 12.8. The van der Waals surface area contributed by atoms with Gasteiger partial charge in [0.2, 0.25) is 0 Å². The third kappa shape index (κ3) is 4.01. The Kier molecular flexibility index (Phi) is 5.51. The van der Waals surface area contributed by atoms with Crippen molar-refractivity contribution < 1.29 is 19.4 Å². The Morgan fingerprint density at radius 3 is 2.46 bits per heavy atom. The van der Waals surface area contributed by atoms with Crippen LogP contribution in [0.3, 0.4) is 0 Å². The molecule has 0 aliphatic carbocycles. The van der Waals surface area contributed by atoms with Crippen molar-refractivity contribution in [2.24, 2.45) is 11.3 Å². The summed E-state index contributed by atoms with van der Waals surface area (Å²) >= 11 is 0. The molecule has 2 aliphatic rings. The van der Waals surface area contributed by atoms with E-state index in [4.69, 9.17) is 4.74 Å². The van der Waals surface area contributed by atoms with Gasteiger partial charge in [-0.25, -0.2) is 4.79 Å². The lowest BCUT2D eigenvalue weighted by Gasteiger charge is -2.31. The zero-order valence-electron chi connectivity index (χ0n) is 15.6. The molecule has 2 fully saturated rings. The van der Waals surface area contributed by atoms with Gasteiger partial charge in [-0.15, -0.1) is 0 Å². The predicted octanol–water partition coefficient (Wildman–Crippen LogP) is 2.83. The van der Waals surface area contributed by atoms with Crippen molar-refractivity contribution in [2.75, 3.05) is 26.2 Å². The van der Waals surface area contributed by atoms with Gasteiger partial charge in [-0.05, 0) is 30.9 Å². The maximum absolute atomic E-state index is 12.8. The van der Waals surface area contributed by atoms with Gasteiger partial charge in [-0.2, -0.15) is 0 Å². The SMILES string of the molecule is CC(C)C(C(=O)OCc1ccccc1)N1CCC2(CCN(C(=O)O)C2)C1. The molecule has 3 rings (SSSR count). The summed E-state index contributed by atoms with van der Waals surface area (Å²) in [5.41, 5.74) is 0.972. The van der Waals surface area contributed by atoms with Gasteiger partial charge < -0.3 is 14.7 Å². The molecule has 0 aromatic heterocycles. The smallest absolute Gasteiger partial charge is 0.407 e. The van der Waals surface area contributed by atoms with Crippen molar-refractivity contribution in [3.63, 3.8) is 0 Å². The van der Waals surface area contributed by atoms with E-state index < -0.39 is 6.09 Å². The quantitative estimate of drug-likeness (QED) is 0.818. The second-order valence-corrected chi connectivity index (χ2v) is 7.96. The molecule has 1 N–H and O–H groups in total. The molecule has 142 valence electrons. The first-order valence-corrected chi connectivity index (χ1v) is 9.33. The number of rotatable bonds is 5. The van der Waals surface area contributed by atoms with Crippen LogP contribution in [0, 0.1) is 11.3 Å². The first-order valence-electron chi connectivity index (χ1n) is 9.33. The summed E-state index contributed by atoms with van der Waals surface area (Å²) in [7, 11) is 0. The third-order valence-electron chi connectivity index (χ3n) is 5.67. The van der Waals surface area contributed by atoms with Crippen molar-refractivity contribution in [1.29, 1.82) is 0 Å². The van der Waals surface area contributed by atoms with Crippen LogP contribution >= 0.6 is 0 Å². The molecule has 2 unspecified atom stereocenters. The lowest BCUT2D eigenvalue weighted by molar-refractivity contribution is -0.153. The van der Waals surface area contributed by atoms with Gasteiger partial charge in [-0.1, -0.05) is 44.2 Å². The first-order chi connectivity index (χ1) is 12.4. The highest BCUT2D eigenvalue weighted by Crippen LogP contribution is 2.41. The topological polar surface area (TPSA) is 70.1 Å². The third-order valence-corrected chi connectivity index (χ3v) is 5.67. The second kappa shape index (κ2) is 7.66. The molecule has 1 amide bonds. The molecule has 0 bridgehead atoms. The number of hydrogen-bond donors (Lipinski definition) is 1. The Morgan fingerprint density at radius 1 is 1.15 bits per heavy atom. The molecule has 26 heavy (non-hydrogen) atoms. The van der Waals surface area contributed by atoms with Crippen LogP contribution in [0.5, 0.6) is 0 Å². The molecule has 6 nitrogen and oxygen atoms in total. The Labute approximate surface area is 154 Å². The Balaban J connectivity index is 1.61. The standard InChI is InChI=1S/C20H28N2O4/c1-15(2)17(18(23)26-12-16-6-4-3-5-7-16)21-10-8-20(13-21)9-11-22(14-20)19(24)25/h3-7,15,17H,8-14H2,1-2H3,(H,24,25). The van der Waals surface area contributed by atoms with Crippen LogP contribution in [-0.2, 0) is 16.1 Å². The average Bonchev–Trinajstić information content (AvgIpc) is 3.21. The van der Waals surface area contributed by atoms with E-state index in [0.717, 1.165) is 31.5 Å². The number of likely N-dealkylation sites (tertiary alicyclic amines) is 2. The van der Waals surface area contributed by atoms with E-state index in [2.05, 4.69) is 4.90 Å². The zero-order chi connectivity index (χ0) is 18.7. The molecule has 6 heteroatoms. The average molecular weight is 360 g/mol. The number of carboxylic acid groups (broad SMARTS) is 1. The minimum atomic E-state index is -0.844. The Hall–Kier alpha value is -2.08. The second-order valence-electron chi connectivity index (χ2n) is 7.96. The summed E-state index contributed by atoms with van der Waals surface area (Å²) in [4.78, 5) is 27.7.